The number of nitrogens with zero attached hydrogens (tertiary/aromatic N) is 2. The Bertz CT molecular complexity index is 1300. The van der Waals surface area contributed by atoms with Gasteiger partial charge in [0.2, 0.25) is 5.95 Å². The Morgan fingerprint density at radius 2 is 1.87 bits per heavy atom. The van der Waals surface area contributed by atoms with Gasteiger partial charge in [0, 0.05) is 22.6 Å². The number of carbonyl (C=O) groups is 1. The van der Waals surface area contributed by atoms with E-state index in [0.29, 0.717) is 6.42 Å². The SMILES string of the molecule is Cc1ccc(C2CC(=O)C3=C(C2)Nc2nc4ccccc4n2C3c2cccs2)cc1. The fraction of sp³-hybridized carbons (Fsp3) is 0.200. The molecule has 0 saturated carbocycles. The van der Waals surface area contributed by atoms with Gasteiger partial charge >= 0.3 is 0 Å². The summed E-state index contributed by atoms with van der Waals surface area (Å²) in [5.41, 5.74) is 6.40. The number of benzene rings is 2. The van der Waals surface area contributed by atoms with Crippen molar-refractivity contribution in [1.29, 1.82) is 0 Å². The third kappa shape index (κ3) is 2.66. The molecule has 0 amide bonds. The lowest BCUT2D eigenvalue weighted by molar-refractivity contribution is -0.116. The molecular weight excluding hydrogens is 390 g/mol. The van der Waals surface area contributed by atoms with Crippen LogP contribution in [0.15, 0.2) is 77.3 Å². The molecule has 0 radical (unpaired) electrons. The number of hydrogen-bond donors (Lipinski definition) is 1. The van der Waals surface area contributed by atoms with E-state index in [0.717, 1.165) is 34.7 Å². The summed E-state index contributed by atoms with van der Waals surface area (Å²) in [6.07, 6.45) is 1.38. The molecule has 2 atom stereocenters. The van der Waals surface area contributed by atoms with Crippen molar-refractivity contribution in [3.63, 3.8) is 0 Å². The molecule has 0 saturated heterocycles. The number of hydrogen-bond acceptors (Lipinski definition) is 4. The van der Waals surface area contributed by atoms with E-state index in [2.05, 4.69) is 64.7 Å². The molecule has 1 aliphatic heterocycles. The van der Waals surface area contributed by atoms with Crippen LogP contribution in [0.1, 0.15) is 40.8 Å². The van der Waals surface area contributed by atoms with Crippen molar-refractivity contribution in [3.8, 4) is 0 Å². The molecule has 148 valence electrons. The first-order valence-electron chi connectivity index (χ1n) is 10.3. The number of imidazole rings is 1. The van der Waals surface area contributed by atoms with Crippen molar-refractivity contribution in [2.45, 2.75) is 31.7 Å². The predicted molar refractivity (Wildman–Crippen MR) is 121 cm³/mol. The lowest BCUT2D eigenvalue weighted by Crippen LogP contribution is -2.32. The van der Waals surface area contributed by atoms with E-state index in [1.165, 1.54) is 16.0 Å². The third-order valence-electron chi connectivity index (χ3n) is 6.26. The van der Waals surface area contributed by atoms with Gasteiger partial charge in [0.25, 0.3) is 0 Å². The van der Waals surface area contributed by atoms with Crippen LogP contribution in [0.25, 0.3) is 11.0 Å². The van der Waals surface area contributed by atoms with Gasteiger partial charge in [0.1, 0.15) is 6.04 Å². The van der Waals surface area contributed by atoms with E-state index >= 15 is 0 Å². The number of aryl methyl sites for hydroxylation is 1. The van der Waals surface area contributed by atoms with Crippen LogP contribution in [-0.2, 0) is 4.79 Å². The van der Waals surface area contributed by atoms with Gasteiger partial charge in [0.05, 0.1) is 11.0 Å². The molecule has 0 fully saturated rings. The van der Waals surface area contributed by atoms with E-state index in [9.17, 15) is 4.79 Å². The second-order valence-corrected chi connectivity index (χ2v) is 9.15. The van der Waals surface area contributed by atoms with E-state index in [-0.39, 0.29) is 17.7 Å². The summed E-state index contributed by atoms with van der Waals surface area (Å²) in [7, 11) is 0. The molecule has 2 aliphatic rings. The predicted octanol–water partition coefficient (Wildman–Crippen LogP) is 5.82. The van der Waals surface area contributed by atoms with E-state index in [1.807, 2.05) is 18.2 Å². The van der Waals surface area contributed by atoms with E-state index in [1.54, 1.807) is 11.3 Å². The van der Waals surface area contributed by atoms with Gasteiger partial charge in [-0.3, -0.25) is 9.36 Å². The largest absolute Gasteiger partial charge is 0.329 e. The van der Waals surface area contributed by atoms with Crippen molar-refractivity contribution >= 4 is 34.1 Å². The minimum atomic E-state index is -0.116. The molecule has 0 bridgehead atoms. The lowest BCUT2D eigenvalue weighted by atomic mass is 9.78. The van der Waals surface area contributed by atoms with Crippen LogP contribution in [0, 0.1) is 6.92 Å². The first kappa shape index (κ1) is 17.7. The normalized spacial score (nSPS) is 20.8. The molecule has 1 N–H and O–H groups in total. The van der Waals surface area contributed by atoms with Crippen LogP contribution in [0.3, 0.4) is 0 Å². The molecule has 3 heterocycles. The fourth-order valence-electron chi connectivity index (χ4n) is 4.82. The standard InChI is InChI=1S/C25H21N3OS/c1-15-8-10-16(11-9-15)17-13-19-23(21(29)14-17)24(22-7-4-12-30-22)28-20-6-3-2-5-18(20)26-25(28)27-19/h2-12,17,24H,13-14H2,1H3,(H,26,27). The molecule has 0 spiro atoms. The number of Topliss-reactive ketones (excluding diaryl/α,β-unsaturated/α-hetero) is 1. The Hall–Kier alpha value is -3.18. The number of anilines is 1. The molecule has 4 nitrogen and oxygen atoms in total. The summed E-state index contributed by atoms with van der Waals surface area (Å²) in [6, 6.07) is 20.8. The Kier molecular flexibility index (Phi) is 3.93. The van der Waals surface area contributed by atoms with Crippen molar-refractivity contribution in [2.75, 3.05) is 5.32 Å². The number of fused-ring (bicyclic) bond motifs is 3. The molecule has 2 aromatic heterocycles. The van der Waals surface area contributed by atoms with Crippen LogP contribution in [0.4, 0.5) is 5.95 Å². The van der Waals surface area contributed by atoms with Gasteiger partial charge in [-0.25, -0.2) is 4.98 Å². The van der Waals surface area contributed by atoms with Crippen LogP contribution in [0.5, 0.6) is 0 Å². The highest BCUT2D eigenvalue weighted by atomic mass is 32.1. The zero-order valence-electron chi connectivity index (χ0n) is 16.6. The second-order valence-electron chi connectivity index (χ2n) is 8.17. The van der Waals surface area contributed by atoms with Gasteiger partial charge in [0.15, 0.2) is 5.78 Å². The molecule has 2 aromatic carbocycles. The number of rotatable bonds is 2. The molecule has 1 aliphatic carbocycles. The highest BCUT2D eigenvalue weighted by Gasteiger charge is 2.39. The number of ketones is 1. The number of nitrogens with one attached hydrogen (secondary N) is 1. The van der Waals surface area contributed by atoms with Gasteiger partial charge in [-0.1, -0.05) is 48.0 Å². The van der Waals surface area contributed by atoms with Crippen LogP contribution < -0.4 is 5.32 Å². The van der Waals surface area contributed by atoms with Gasteiger partial charge < -0.3 is 5.32 Å². The summed E-state index contributed by atoms with van der Waals surface area (Å²) < 4.78 is 2.20. The first-order chi connectivity index (χ1) is 14.7. The molecule has 6 rings (SSSR count). The molecule has 5 heteroatoms. The van der Waals surface area contributed by atoms with Gasteiger partial charge in [-0.05, 0) is 48.4 Å². The van der Waals surface area contributed by atoms with Gasteiger partial charge in [-0.15, -0.1) is 11.3 Å². The second kappa shape index (κ2) is 6.67. The zero-order valence-corrected chi connectivity index (χ0v) is 17.4. The topological polar surface area (TPSA) is 46.9 Å². The minimum Gasteiger partial charge on any atom is -0.329 e. The maximum Gasteiger partial charge on any atom is 0.209 e. The maximum atomic E-state index is 13.5. The lowest BCUT2D eigenvalue weighted by Gasteiger charge is -2.36. The van der Waals surface area contributed by atoms with E-state index in [4.69, 9.17) is 4.98 Å². The maximum absolute atomic E-state index is 13.5. The Morgan fingerprint density at radius 1 is 1.03 bits per heavy atom. The van der Waals surface area contributed by atoms with Crippen molar-refractivity contribution in [1.82, 2.24) is 9.55 Å². The summed E-state index contributed by atoms with van der Waals surface area (Å²) in [5.74, 6) is 1.26. The van der Waals surface area contributed by atoms with Gasteiger partial charge in [-0.2, -0.15) is 0 Å². The summed E-state index contributed by atoms with van der Waals surface area (Å²) >= 11 is 1.70. The average Bonchev–Trinajstić information content (AvgIpc) is 3.40. The molecular formula is C25H21N3OS. The smallest absolute Gasteiger partial charge is 0.209 e. The Labute approximate surface area is 178 Å². The summed E-state index contributed by atoms with van der Waals surface area (Å²) in [5, 5.41) is 5.62. The number of para-hydroxylation sites is 2. The number of carbonyl (C=O) groups excluding carboxylic acids is 1. The molecule has 4 aromatic rings. The van der Waals surface area contributed by atoms with E-state index < -0.39 is 0 Å². The first-order valence-corrected chi connectivity index (χ1v) is 11.2. The number of thiophene rings is 1. The summed E-state index contributed by atoms with van der Waals surface area (Å²) in [6.45, 7) is 2.09. The van der Waals surface area contributed by atoms with Crippen molar-refractivity contribution < 1.29 is 4.79 Å². The fourth-order valence-corrected chi connectivity index (χ4v) is 5.64. The molecule has 30 heavy (non-hydrogen) atoms. The monoisotopic (exact) mass is 411 g/mol. The quantitative estimate of drug-likeness (QED) is 0.452. The van der Waals surface area contributed by atoms with Crippen LogP contribution in [0.2, 0.25) is 0 Å². The minimum absolute atomic E-state index is 0.116. The van der Waals surface area contributed by atoms with Crippen molar-refractivity contribution in [2.24, 2.45) is 0 Å². The third-order valence-corrected chi connectivity index (χ3v) is 7.18. The highest BCUT2D eigenvalue weighted by Crippen LogP contribution is 2.46. The zero-order chi connectivity index (χ0) is 20.2. The Balaban J connectivity index is 1.50. The average molecular weight is 412 g/mol. The van der Waals surface area contributed by atoms with Crippen molar-refractivity contribution in [3.05, 3.63) is 93.3 Å². The Morgan fingerprint density at radius 3 is 2.67 bits per heavy atom. The number of aromatic nitrogens is 2. The van der Waals surface area contributed by atoms with Crippen LogP contribution in [-0.4, -0.2) is 15.3 Å². The highest BCUT2D eigenvalue weighted by molar-refractivity contribution is 7.10. The number of allylic oxidation sites excluding steroid dienone is 2. The summed E-state index contributed by atoms with van der Waals surface area (Å²) in [4.78, 5) is 19.6. The van der Waals surface area contributed by atoms with Crippen LogP contribution >= 0.6 is 11.3 Å². The molecule has 2 unspecified atom stereocenters.